The summed E-state index contributed by atoms with van der Waals surface area (Å²) in [5.74, 6) is 0.774. The molecule has 0 unspecified atom stereocenters. The highest BCUT2D eigenvalue weighted by molar-refractivity contribution is 6.30. The van der Waals surface area contributed by atoms with Gasteiger partial charge < -0.3 is 15.0 Å². The normalized spacial score (nSPS) is 10.2. The third kappa shape index (κ3) is 4.93. The molecule has 1 N–H and O–H groups in total. The molecule has 0 fully saturated rings. The van der Waals surface area contributed by atoms with Crippen LogP contribution in [0.25, 0.3) is 0 Å². The average molecular weight is 299 g/mol. The summed E-state index contributed by atoms with van der Waals surface area (Å²) in [4.78, 5) is 14.0. The quantitative estimate of drug-likeness (QED) is 0.799. The van der Waals surface area contributed by atoms with Crippen molar-refractivity contribution in [2.75, 3.05) is 32.1 Å². The first-order valence-electron chi connectivity index (χ1n) is 6.97. The van der Waals surface area contributed by atoms with E-state index in [1.807, 2.05) is 4.90 Å². The third-order valence-corrected chi connectivity index (χ3v) is 3.17. The number of amides is 1. The highest BCUT2D eigenvalue weighted by atomic mass is 35.5. The maximum Gasteiger partial charge on any atom is 0.241 e. The van der Waals surface area contributed by atoms with Crippen LogP contribution in [0.15, 0.2) is 18.2 Å². The predicted octanol–water partition coefficient (Wildman–Crippen LogP) is 3.41. The number of methoxy groups -OCH3 is 1. The minimum Gasteiger partial charge on any atom is -0.495 e. The second-order valence-corrected chi connectivity index (χ2v) is 5.02. The van der Waals surface area contributed by atoms with Gasteiger partial charge in [0, 0.05) is 18.1 Å². The van der Waals surface area contributed by atoms with Gasteiger partial charge in [-0.1, -0.05) is 25.4 Å². The van der Waals surface area contributed by atoms with E-state index in [1.54, 1.807) is 25.3 Å². The van der Waals surface area contributed by atoms with Gasteiger partial charge in [-0.2, -0.15) is 0 Å². The Hall–Kier alpha value is -1.42. The fourth-order valence-electron chi connectivity index (χ4n) is 2.00. The summed E-state index contributed by atoms with van der Waals surface area (Å²) < 4.78 is 5.24. The van der Waals surface area contributed by atoms with Crippen LogP contribution in [0.1, 0.15) is 26.7 Å². The maximum absolute atomic E-state index is 12.2. The van der Waals surface area contributed by atoms with E-state index in [9.17, 15) is 4.79 Å². The van der Waals surface area contributed by atoms with Gasteiger partial charge in [-0.3, -0.25) is 4.79 Å². The van der Waals surface area contributed by atoms with E-state index in [0.717, 1.165) is 31.6 Å². The molecule has 0 aliphatic heterocycles. The van der Waals surface area contributed by atoms with E-state index in [-0.39, 0.29) is 12.5 Å². The molecule has 1 rings (SSSR count). The van der Waals surface area contributed by atoms with Crippen molar-refractivity contribution < 1.29 is 9.53 Å². The average Bonchev–Trinajstić information content (AvgIpc) is 2.44. The second-order valence-electron chi connectivity index (χ2n) is 4.58. The topological polar surface area (TPSA) is 41.6 Å². The van der Waals surface area contributed by atoms with Crippen molar-refractivity contribution in [1.29, 1.82) is 0 Å². The molecule has 0 atom stereocenters. The number of hydrogen-bond acceptors (Lipinski definition) is 3. The number of anilines is 1. The van der Waals surface area contributed by atoms with E-state index in [1.165, 1.54) is 0 Å². The first-order chi connectivity index (χ1) is 9.62. The number of nitrogens with zero attached hydrogens (tertiary/aromatic N) is 1. The minimum absolute atomic E-state index is 0.0933. The van der Waals surface area contributed by atoms with Crippen molar-refractivity contribution in [3.05, 3.63) is 23.2 Å². The molecule has 0 saturated heterocycles. The summed E-state index contributed by atoms with van der Waals surface area (Å²) in [7, 11) is 1.59. The van der Waals surface area contributed by atoms with Crippen molar-refractivity contribution in [2.45, 2.75) is 26.7 Å². The van der Waals surface area contributed by atoms with Crippen LogP contribution in [-0.4, -0.2) is 37.6 Å². The molecule has 0 aromatic heterocycles. The summed E-state index contributed by atoms with van der Waals surface area (Å²) in [5, 5.41) is 3.71. The molecule has 1 aromatic carbocycles. The highest BCUT2D eigenvalue weighted by Crippen LogP contribution is 2.27. The van der Waals surface area contributed by atoms with Gasteiger partial charge in [0.1, 0.15) is 5.75 Å². The van der Waals surface area contributed by atoms with Crippen molar-refractivity contribution in [3.63, 3.8) is 0 Å². The van der Waals surface area contributed by atoms with Gasteiger partial charge in [-0.25, -0.2) is 0 Å². The minimum atomic E-state index is 0.0933. The van der Waals surface area contributed by atoms with E-state index < -0.39 is 0 Å². The van der Waals surface area contributed by atoms with Gasteiger partial charge in [0.15, 0.2) is 0 Å². The Morgan fingerprint density at radius 1 is 1.30 bits per heavy atom. The Kier molecular flexibility index (Phi) is 7.23. The number of hydrogen-bond donors (Lipinski definition) is 1. The van der Waals surface area contributed by atoms with Crippen molar-refractivity contribution in [3.8, 4) is 5.75 Å². The van der Waals surface area contributed by atoms with Crippen molar-refractivity contribution in [2.24, 2.45) is 0 Å². The Labute approximate surface area is 126 Å². The molecule has 1 amide bonds. The molecule has 0 saturated carbocycles. The van der Waals surface area contributed by atoms with Gasteiger partial charge in [0.05, 0.1) is 19.3 Å². The number of halogens is 1. The lowest BCUT2D eigenvalue weighted by Crippen LogP contribution is -2.36. The number of nitrogens with one attached hydrogen (secondary N) is 1. The summed E-state index contributed by atoms with van der Waals surface area (Å²) in [5.41, 5.74) is 0.737. The molecule has 0 bridgehead atoms. The van der Waals surface area contributed by atoms with Crippen LogP contribution in [0.4, 0.5) is 5.69 Å². The molecule has 0 radical (unpaired) electrons. The SMILES string of the molecule is CCCN(CCC)C(=O)CNc1cc(Cl)ccc1OC. The van der Waals surface area contributed by atoms with Crippen LogP contribution >= 0.6 is 11.6 Å². The molecule has 20 heavy (non-hydrogen) atoms. The molecule has 0 spiro atoms. The largest absolute Gasteiger partial charge is 0.495 e. The molecule has 0 aliphatic carbocycles. The molecule has 0 heterocycles. The lowest BCUT2D eigenvalue weighted by molar-refractivity contribution is -0.129. The molecule has 1 aromatic rings. The monoisotopic (exact) mass is 298 g/mol. The fourth-order valence-corrected chi connectivity index (χ4v) is 2.17. The van der Waals surface area contributed by atoms with Gasteiger partial charge in [-0.05, 0) is 31.0 Å². The number of carbonyl (C=O) groups is 1. The number of carbonyl (C=O) groups excluding carboxylic acids is 1. The first kappa shape index (κ1) is 16.6. The lowest BCUT2D eigenvalue weighted by atomic mass is 10.3. The number of benzene rings is 1. The summed E-state index contributed by atoms with van der Waals surface area (Å²) in [6.07, 6.45) is 1.93. The second kappa shape index (κ2) is 8.69. The number of rotatable bonds is 8. The first-order valence-corrected chi connectivity index (χ1v) is 7.35. The Bertz CT molecular complexity index is 432. The maximum atomic E-state index is 12.2. The van der Waals surface area contributed by atoms with E-state index >= 15 is 0 Å². The smallest absolute Gasteiger partial charge is 0.241 e. The molecule has 4 nitrogen and oxygen atoms in total. The van der Waals surface area contributed by atoms with Crippen LogP contribution in [-0.2, 0) is 4.79 Å². The summed E-state index contributed by atoms with van der Waals surface area (Å²) in [6, 6.07) is 5.30. The molecular weight excluding hydrogens is 276 g/mol. The highest BCUT2D eigenvalue weighted by Gasteiger charge is 2.12. The van der Waals surface area contributed by atoms with E-state index in [0.29, 0.717) is 10.8 Å². The standard InChI is InChI=1S/C15H23ClN2O2/c1-4-8-18(9-5-2)15(19)11-17-13-10-12(16)6-7-14(13)20-3/h6-7,10,17H,4-5,8-9,11H2,1-3H3. The zero-order valence-electron chi connectivity index (χ0n) is 12.4. The van der Waals surface area contributed by atoms with Gasteiger partial charge in [0.2, 0.25) is 5.91 Å². The Balaban J connectivity index is 2.65. The molecule has 5 heteroatoms. The zero-order chi connectivity index (χ0) is 15.0. The molecule has 112 valence electrons. The van der Waals surface area contributed by atoms with Crippen molar-refractivity contribution in [1.82, 2.24) is 4.90 Å². The van der Waals surface area contributed by atoms with Gasteiger partial charge in [0.25, 0.3) is 0 Å². The van der Waals surface area contributed by atoms with Crippen LogP contribution in [0, 0.1) is 0 Å². The molecule has 0 aliphatic rings. The van der Waals surface area contributed by atoms with Crippen LogP contribution in [0.2, 0.25) is 5.02 Å². The third-order valence-electron chi connectivity index (χ3n) is 2.93. The Morgan fingerprint density at radius 3 is 2.50 bits per heavy atom. The lowest BCUT2D eigenvalue weighted by Gasteiger charge is -2.22. The zero-order valence-corrected chi connectivity index (χ0v) is 13.2. The molecular formula is C15H23ClN2O2. The van der Waals surface area contributed by atoms with Gasteiger partial charge >= 0.3 is 0 Å². The number of ether oxygens (including phenoxy) is 1. The fraction of sp³-hybridized carbons (Fsp3) is 0.533. The van der Waals surface area contributed by atoms with E-state index in [4.69, 9.17) is 16.3 Å². The van der Waals surface area contributed by atoms with Crippen molar-refractivity contribution >= 4 is 23.2 Å². The van der Waals surface area contributed by atoms with Crippen LogP contribution in [0.3, 0.4) is 0 Å². The predicted molar refractivity (Wildman–Crippen MR) is 83.7 cm³/mol. The van der Waals surface area contributed by atoms with Crippen LogP contribution in [0.5, 0.6) is 5.75 Å². The summed E-state index contributed by atoms with van der Waals surface area (Å²) in [6.45, 7) is 5.98. The summed E-state index contributed by atoms with van der Waals surface area (Å²) >= 11 is 5.96. The van der Waals surface area contributed by atoms with E-state index in [2.05, 4.69) is 19.2 Å². The Morgan fingerprint density at radius 2 is 1.95 bits per heavy atom. The van der Waals surface area contributed by atoms with Crippen LogP contribution < -0.4 is 10.1 Å². The van der Waals surface area contributed by atoms with Gasteiger partial charge in [-0.15, -0.1) is 0 Å².